The van der Waals surface area contributed by atoms with Gasteiger partial charge >= 0.3 is 5.97 Å². The van der Waals surface area contributed by atoms with Crippen LogP contribution in [0.3, 0.4) is 0 Å². The van der Waals surface area contributed by atoms with Crippen LogP contribution in [-0.4, -0.2) is 111 Å². The van der Waals surface area contributed by atoms with E-state index >= 15 is 0 Å². The maximum Gasteiger partial charge on any atom is 0.335 e. The zero-order chi connectivity index (χ0) is 38.3. The molecule has 4 aliphatic heterocycles. The highest BCUT2D eigenvalue weighted by molar-refractivity contribution is 6.11. The van der Waals surface area contributed by atoms with Gasteiger partial charge in [0.1, 0.15) is 41.2 Å². The molecule has 294 valence electrons. The molecule has 6 fully saturated rings. The molecule has 0 amide bonds. The molecule has 55 heavy (non-hydrogen) atoms. The van der Waals surface area contributed by atoms with Crippen molar-refractivity contribution in [3.05, 3.63) is 51.6 Å². The number of hydrogen-bond donors (Lipinski definition) is 8. The molecule has 2 aromatic carbocycles. The third-order valence-corrected chi connectivity index (χ3v) is 15.0. The number of carbonyl (C=O) groups is 2. The minimum atomic E-state index is -1.78. The Morgan fingerprint density at radius 2 is 1.93 bits per heavy atom. The molecule has 3 spiro atoms. The molecule has 10 rings (SSSR count). The van der Waals surface area contributed by atoms with Gasteiger partial charge in [0.25, 0.3) is 0 Å². The first-order valence-corrected chi connectivity index (χ1v) is 19.6. The molecule has 0 radical (unpaired) electrons. The number of aromatic hydroxyl groups is 2. The van der Waals surface area contributed by atoms with E-state index in [1.807, 2.05) is 0 Å². The fourth-order valence-corrected chi connectivity index (χ4v) is 12.9. The van der Waals surface area contributed by atoms with Crippen molar-refractivity contribution in [2.75, 3.05) is 26.4 Å². The van der Waals surface area contributed by atoms with Crippen LogP contribution in [-0.2, 0) is 14.2 Å². The van der Waals surface area contributed by atoms with Crippen LogP contribution in [0.4, 0.5) is 0 Å². The van der Waals surface area contributed by atoms with Crippen molar-refractivity contribution in [2.24, 2.45) is 29.1 Å². The second kappa shape index (κ2) is 12.2. The summed E-state index contributed by atoms with van der Waals surface area (Å²) in [5.74, 6) is -2.55. The van der Waals surface area contributed by atoms with E-state index in [2.05, 4.69) is 16.9 Å². The van der Waals surface area contributed by atoms with Gasteiger partial charge in [-0.1, -0.05) is 12.5 Å². The Bertz CT molecular complexity index is 2100. The average molecular weight is 761 g/mol. The van der Waals surface area contributed by atoms with Crippen molar-refractivity contribution in [3.8, 4) is 17.2 Å². The van der Waals surface area contributed by atoms with Gasteiger partial charge in [-0.3, -0.25) is 15.6 Å². The van der Waals surface area contributed by atoms with Gasteiger partial charge in [-0.25, -0.2) is 4.79 Å². The lowest BCUT2D eigenvalue weighted by atomic mass is 9.43. The minimum Gasteiger partial charge on any atom is -0.507 e. The molecular formula is C41H48N2O12. The summed E-state index contributed by atoms with van der Waals surface area (Å²) in [6, 6.07) is 2.59. The van der Waals surface area contributed by atoms with Crippen molar-refractivity contribution < 1.29 is 59.2 Å². The summed E-state index contributed by atoms with van der Waals surface area (Å²) in [5, 5.41) is 67.5. The summed E-state index contributed by atoms with van der Waals surface area (Å²) in [6.45, 7) is 3.55. The molecule has 2 aromatic rings. The summed E-state index contributed by atoms with van der Waals surface area (Å²) in [6.07, 6.45) is 2.39. The van der Waals surface area contributed by atoms with E-state index in [0.29, 0.717) is 31.6 Å². The highest BCUT2D eigenvalue weighted by Gasteiger charge is 2.71. The molecule has 3 saturated carbocycles. The number of ketones is 1. The van der Waals surface area contributed by atoms with Crippen LogP contribution in [0.15, 0.2) is 34.9 Å². The summed E-state index contributed by atoms with van der Waals surface area (Å²) in [5.41, 5.74) is 9.00. The van der Waals surface area contributed by atoms with E-state index in [-0.39, 0.29) is 69.4 Å². The molecule has 8 aliphatic rings. The Balaban J connectivity index is 1.05. The average Bonchev–Trinajstić information content (AvgIpc) is 3.72. The Labute approximate surface area is 317 Å². The second-order valence-electron chi connectivity index (χ2n) is 17.5. The molecule has 8 N–H and O–H groups in total. The molecule has 4 aliphatic carbocycles. The number of phenols is 2. The molecule has 4 heterocycles. The van der Waals surface area contributed by atoms with Gasteiger partial charge in [-0.15, -0.1) is 0 Å². The predicted molar refractivity (Wildman–Crippen MR) is 193 cm³/mol. The van der Waals surface area contributed by atoms with Crippen LogP contribution in [0, 0.1) is 36.0 Å². The van der Waals surface area contributed by atoms with Crippen LogP contribution < -0.4 is 15.6 Å². The van der Waals surface area contributed by atoms with Crippen LogP contribution in [0.25, 0.3) is 10.8 Å². The van der Waals surface area contributed by atoms with E-state index in [4.69, 9.17) is 18.9 Å². The fraction of sp³-hybridized carbons (Fsp3) is 0.610. The predicted octanol–water partition coefficient (Wildman–Crippen LogP) is 2.75. The summed E-state index contributed by atoms with van der Waals surface area (Å²) >= 11 is 0. The van der Waals surface area contributed by atoms with Crippen LogP contribution >= 0.6 is 0 Å². The first-order chi connectivity index (χ1) is 26.3. The second-order valence-corrected chi connectivity index (χ2v) is 17.5. The topological polar surface area (TPSA) is 216 Å². The molecule has 14 nitrogen and oxygen atoms in total. The number of carboxylic acids is 1. The summed E-state index contributed by atoms with van der Waals surface area (Å²) in [4.78, 5) is 24.8. The monoisotopic (exact) mass is 760 g/mol. The number of carbonyl (C=O) groups excluding carboxylic acids is 1. The molecule has 12 atom stereocenters. The van der Waals surface area contributed by atoms with Crippen molar-refractivity contribution in [2.45, 2.75) is 101 Å². The zero-order valence-electron chi connectivity index (χ0n) is 30.8. The molecule has 3 saturated heterocycles. The number of nitrogens with one attached hydrogen (secondary N) is 2. The number of aromatic carboxylic acids is 1. The van der Waals surface area contributed by atoms with E-state index in [9.17, 15) is 40.2 Å². The Morgan fingerprint density at radius 1 is 1.11 bits per heavy atom. The van der Waals surface area contributed by atoms with Gasteiger partial charge in [-0.2, -0.15) is 0 Å². The van der Waals surface area contributed by atoms with Crippen molar-refractivity contribution in [3.63, 3.8) is 0 Å². The molecule has 2 bridgehead atoms. The minimum absolute atomic E-state index is 0.0530. The lowest BCUT2D eigenvalue weighted by molar-refractivity contribution is -0.327. The van der Waals surface area contributed by atoms with Crippen molar-refractivity contribution in [1.82, 2.24) is 10.9 Å². The number of Topliss-reactive ketones (excluding diaryl/α,β-unsaturated/α-hetero) is 1. The molecular weight excluding hydrogens is 712 g/mol. The summed E-state index contributed by atoms with van der Waals surface area (Å²) in [7, 11) is 0. The van der Waals surface area contributed by atoms with E-state index < -0.39 is 65.6 Å². The van der Waals surface area contributed by atoms with Gasteiger partial charge in [0.2, 0.25) is 6.29 Å². The van der Waals surface area contributed by atoms with Gasteiger partial charge in [0, 0.05) is 41.0 Å². The highest BCUT2D eigenvalue weighted by Crippen LogP contribution is 2.68. The Hall–Kier alpha value is -3.60. The summed E-state index contributed by atoms with van der Waals surface area (Å²) < 4.78 is 25.6. The number of aliphatic hydroxyl groups excluding tert-OH is 3. The first-order valence-electron chi connectivity index (χ1n) is 19.6. The third kappa shape index (κ3) is 4.71. The maximum atomic E-state index is 12.6. The van der Waals surface area contributed by atoms with Crippen molar-refractivity contribution >= 4 is 22.5 Å². The van der Waals surface area contributed by atoms with Crippen LogP contribution in [0.2, 0.25) is 0 Å². The SMILES string of the molecule is CC(=O)c1c(C)c(O)c2cc(C(=O)O)cc(OC3OC(CO)C4(CC5C6=C(CC=C6C6COCC7CC89CCCC8NNC5(C9)C76)CO4)C(O)C3O)c2c1O. The fourth-order valence-electron chi connectivity index (χ4n) is 12.9. The number of rotatable bonds is 5. The van der Waals surface area contributed by atoms with E-state index in [1.165, 1.54) is 25.0 Å². The van der Waals surface area contributed by atoms with Crippen LogP contribution in [0.5, 0.6) is 17.2 Å². The molecule has 14 heteroatoms. The van der Waals surface area contributed by atoms with Gasteiger partial charge in [-0.05, 0) is 98.5 Å². The molecule has 0 aromatic heterocycles. The van der Waals surface area contributed by atoms with E-state index in [0.717, 1.165) is 49.8 Å². The lowest BCUT2D eigenvalue weighted by Gasteiger charge is -2.68. The number of phenolic OH excluding ortho intramolecular Hbond substituents is 2. The largest absolute Gasteiger partial charge is 0.507 e. The van der Waals surface area contributed by atoms with Gasteiger partial charge in [0.15, 0.2) is 5.78 Å². The number of carboxylic acid groups (broad SMARTS) is 1. The number of hydrogen-bond acceptors (Lipinski definition) is 13. The highest BCUT2D eigenvalue weighted by atomic mass is 16.7. The molecule has 12 unspecified atom stereocenters. The van der Waals surface area contributed by atoms with Gasteiger partial charge in [0.05, 0.1) is 36.3 Å². The maximum absolute atomic E-state index is 12.6. The third-order valence-electron chi connectivity index (χ3n) is 15.0. The zero-order valence-corrected chi connectivity index (χ0v) is 30.8. The normalized spacial score (nSPS) is 41.3. The standard InChI is InChI=1S/C41H48N2O12/c1-17-29(18(2)45)34(47)31-23(33(17)46)8-20(37(50)51)9-26(31)54-38-35(48)36(49)41(28(12-44)55-38)11-25-30-19(14-53-41)5-6-22(30)24-15-52-13-21-10-39-7-3-4-27(39)42-43-40(25,16-39)32(21)24/h6,8-9,21,24-25,27-28,32,35-36,38,42-44,46-49H,3-5,7,10-16H2,1-2H3,(H,50,51). The quantitative estimate of drug-likeness (QED) is 0.163. The first kappa shape index (κ1) is 35.8. The number of allylic oxidation sites excluding steroid dienone is 1. The number of fused-ring (bicyclic) bond motifs is 2. The lowest BCUT2D eigenvalue weighted by Crippen LogP contribution is -2.79. The van der Waals surface area contributed by atoms with Crippen LogP contribution in [0.1, 0.15) is 78.1 Å². The number of ether oxygens (including phenoxy) is 4. The van der Waals surface area contributed by atoms with Gasteiger partial charge < -0.3 is 49.6 Å². The smallest absolute Gasteiger partial charge is 0.335 e. The number of hydrazine groups is 1. The number of benzene rings is 2. The Morgan fingerprint density at radius 3 is 2.69 bits per heavy atom. The Kier molecular flexibility index (Phi) is 7.94. The number of aliphatic hydroxyl groups is 3. The van der Waals surface area contributed by atoms with Crippen molar-refractivity contribution in [1.29, 1.82) is 0 Å². The van der Waals surface area contributed by atoms with E-state index in [1.54, 1.807) is 0 Å².